The molecule has 0 unspecified atom stereocenters. The van der Waals surface area contributed by atoms with E-state index in [1.54, 1.807) is 25.6 Å². The van der Waals surface area contributed by atoms with Gasteiger partial charge in [0.2, 0.25) is 0 Å². The van der Waals surface area contributed by atoms with Crippen LogP contribution in [0.5, 0.6) is 5.75 Å². The zero-order valence-electron chi connectivity index (χ0n) is 17.1. The molecule has 32 heavy (non-hydrogen) atoms. The van der Waals surface area contributed by atoms with Crippen LogP contribution in [0.2, 0.25) is 0 Å². The van der Waals surface area contributed by atoms with Crippen molar-refractivity contribution in [3.8, 4) is 22.8 Å². The predicted molar refractivity (Wildman–Crippen MR) is 123 cm³/mol. The summed E-state index contributed by atoms with van der Waals surface area (Å²) < 4.78 is 7.26. The lowest BCUT2D eigenvalue weighted by Crippen LogP contribution is -2.11. The average Bonchev–Trinajstić information content (AvgIpc) is 3.27. The van der Waals surface area contributed by atoms with Crippen LogP contribution in [0.15, 0.2) is 83.0 Å². The van der Waals surface area contributed by atoms with Crippen LogP contribution in [0.3, 0.4) is 0 Å². The Morgan fingerprint density at radius 1 is 1.00 bits per heavy atom. The highest BCUT2D eigenvalue weighted by Crippen LogP contribution is 2.29. The van der Waals surface area contributed by atoms with E-state index in [9.17, 15) is 4.79 Å². The molecule has 0 saturated carbocycles. The van der Waals surface area contributed by atoms with Gasteiger partial charge < -0.3 is 9.72 Å². The predicted octanol–water partition coefficient (Wildman–Crippen LogP) is 3.87. The summed E-state index contributed by atoms with van der Waals surface area (Å²) in [5, 5.41) is 10.1. The number of aromatic nitrogens is 6. The van der Waals surface area contributed by atoms with Crippen molar-refractivity contribution in [3.05, 3.63) is 89.2 Å². The highest BCUT2D eigenvalue weighted by molar-refractivity contribution is 7.98. The molecule has 0 bridgehead atoms. The highest BCUT2D eigenvalue weighted by atomic mass is 32.2. The van der Waals surface area contributed by atoms with E-state index < -0.39 is 0 Å². The summed E-state index contributed by atoms with van der Waals surface area (Å²) in [4.78, 5) is 23.9. The van der Waals surface area contributed by atoms with Gasteiger partial charge >= 0.3 is 0 Å². The van der Waals surface area contributed by atoms with Gasteiger partial charge in [0.1, 0.15) is 11.6 Å². The smallest absolute Gasteiger partial charge is 0.258 e. The molecule has 9 heteroatoms. The van der Waals surface area contributed by atoms with Crippen molar-refractivity contribution < 1.29 is 4.74 Å². The number of hydrogen-bond acceptors (Lipinski definition) is 7. The van der Waals surface area contributed by atoms with E-state index in [4.69, 9.17) is 4.74 Å². The third-order valence-electron chi connectivity index (χ3n) is 4.90. The molecule has 0 fully saturated rings. The molecule has 8 nitrogen and oxygen atoms in total. The number of nitrogens with zero attached hydrogens (tertiary/aromatic N) is 5. The van der Waals surface area contributed by atoms with Crippen LogP contribution in [0.25, 0.3) is 28.0 Å². The van der Waals surface area contributed by atoms with Crippen LogP contribution >= 0.6 is 11.8 Å². The molecule has 0 aliphatic carbocycles. The summed E-state index contributed by atoms with van der Waals surface area (Å²) in [5.41, 5.74) is 2.30. The molecule has 158 valence electrons. The fourth-order valence-electron chi connectivity index (χ4n) is 3.35. The van der Waals surface area contributed by atoms with Crippen molar-refractivity contribution in [2.24, 2.45) is 0 Å². The van der Waals surface area contributed by atoms with E-state index in [0.29, 0.717) is 33.5 Å². The third-order valence-corrected chi connectivity index (χ3v) is 5.84. The Balaban J connectivity index is 1.52. The molecule has 3 heterocycles. The van der Waals surface area contributed by atoms with Gasteiger partial charge in [-0.2, -0.15) is 0 Å². The van der Waals surface area contributed by atoms with Crippen molar-refractivity contribution in [1.82, 2.24) is 29.7 Å². The number of methoxy groups -OCH3 is 1. The normalized spacial score (nSPS) is 11.0. The zero-order valence-corrected chi connectivity index (χ0v) is 17.9. The van der Waals surface area contributed by atoms with Gasteiger partial charge in [0.15, 0.2) is 11.0 Å². The number of fused-ring (bicyclic) bond motifs is 1. The van der Waals surface area contributed by atoms with Crippen LogP contribution in [0, 0.1) is 0 Å². The minimum Gasteiger partial charge on any atom is -0.497 e. The molecule has 0 aliphatic rings. The number of nitrogens with one attached hydrogen (secondary N) is 1. The molecule has 0 spiro atoms. The van der Waals surface area contributed by atoms with Crippen LogP contribution in [-0.4, -0.2) is 36.8 Å². The van der Waals surface area contributed by atoms with Gasteiger partial charge in [-0.25, -0.2) is 4.98 Å². The minimum absolute atomic E-state index is 0.153. The molecule has 0 amide bonds. The number of thioether (sulfide) groups is 1. The highest BCUT2D eigenvalue weighted by Gasteiger charge is 2.17. The Labute approximate surface area is 187 Å². The molecule has 0 aliphatic heterocycles. The lowest BCUT2D eigenvalue weighted by atomic mass is 10.2. The van der Waals surface area contributed by atoms with E-state index in [1.807, 2.05) is 59.2 Å². The second kappa shape index (κ2) is 8.64. The third kappa shape index (κ3) is 3.85. The quantitative estimate of drug-likeness (QED) is 0.399. The van der Waals surface area contributed by atoms with Crippen molar-refractivity contribution in [2.45, 2.75) is 10.9 Å². The van der Waals surface area contributed by atoms with Gasteiger partial charge in [-0.15, -0.1) is 10.2 Å². The summed E-state index contributed by atoms with van der Waals surface area (Å²) in [6.45, 7) is 0. The van der Waals surface area contributed by atoms with Crippen LogP contribution in [0.1, 0.15) is 5.82 Å². The molecule has 5 aromatic rings. The van der Waals surface area contributed by atoms with Crippen molar-refractivity contribution in [2.75, 3.05) is 7.11 Å². The van der Waals surface area contributed by atoms with Gasteiger partial charge in [-0.3, -0.25) is 14.3 Å². The Morgan fingerprint density at radius 2 is 1.78 bits per heavy atom. The van der Waals surface area contributed by atoms with E-state index >= 15 is 0 Å². The SMILES string of the molecule is COc1ccc(-n2c(SCc3nc4ccccc4c(=O)[nH]3)nnc2-c2ccncc2)cc1. The number of benzene rings is 2. The average molecular weight is 443 g/mol. The number of rotatable bonds is 6. The molecule has 2 aromatic carbocycles. The van der Waals surface area contributed by atoms with Gasteiger partial charge in [-0.1, -0.05) is 23.9 Å². The second-order valence-electron chi connectivity index (χ2n) is 6.89. The fraction of sp³-hybridized carbons (Fsp3) is 0.0870. The maximum absolute atomic E-state index is 12.4. The monoisotopic (exact) mass is 442 g/mol. The summed E-state index contributed by atoms with van der Waals surface area (Å²) in [5.74, 6) is 2.47. The lowest BCUT2D eigenvalue weighted by molar-refractivity contribution is 0.414. The molecular weight excluding hydrogens is 424 g/mol. The first-order chi connectivity index (χ1) is 15.7. The summed E-state index contributed by atoms with van der Waals surface area (Å²) in [6.07, 6.45) is 3.44. The summed E-state index contributed by atoms with van der Waals surface area (Å²) in [7, 11) is 1.63. The lowest BCUT2D eigenvalue weighted by Gasteiger charge is -2.11. The van der Waals surface area contributed by atoms with E-state index in [2.05, 4.69) is 25.1 Å². The van der Waals surface area contributed by atoms with E-state index in [1.165, 1.54) is 11.8 Å². The van der Waals surface area contributed by atoms with Gasteiger partial charge in [-0.05, 0) is 48.5 Å². The number of para-hydroxylation sites is 1. The Morgan fingerprint density at radius 3 is 2.56 bits per heavy atom. The first-order valence-electron chi connectivity index (χ1n) is 9.84. The molecule has 5 rings (SSSR count). The molecular formula is C23H18N6O2S. The van der Waals surface area contributed by atoms with Gasteiger partial charge in [0, 0.05) is 23.6 Å². The Bertz CT molecular complexity index is 1430. The zero-order chi connectivity index (χ0) is 21.9. The number of pyridine rings is 1. The van der Waals surface area contributed by atoms with Crippen molar-refractivity contribution >= 4 is 22.7 Å². The first-order valence-corrected chi connectivity index (χ1v) is 10.8. The molecule has 0 atom stereocenters. The fourth-order valence-corrected chi connectivity index (χ4v) is 4.17. The van der Waals surface area contributed by atoms with Crippen molar-refractivity contribution in [3.63, 3.8) is 0 Å². The molecule has 1 N–H and O–H groups in total. The van der Waals surface area contributed by atoms with Crippen LogP contribution < -0.4 is 10.3 Å². The number of hydrogen-bond donors (Lipinski definition) is 1. The summed E-state index contributed by atoms with van der Waals surface area (Å²) >= 11 is 1.45. The second-order valence-corrected chi connectivity index (χ2v) is 7.84. The molecule has 0 saturated heterocycles. The van der Waals surface area contributed by atoms with E-state index in [-0.39, 0.29) is 5.56 Å². The Hall–Kier alpha value is -3.98. The topological polar surface area (TPSA) is 98.6 Å². The van der Waals surface area contributed by atoms with Gasteiger partial charge in [0.05, 0.1) is 23.8 Å². The number of aromatic amines is 1. The first kappa shape index (κ1) is 20.0. The standard InChI is InChI=1S/C23H18N6O2S/c1-31-17-8-6-16(7-9-17)29-21(15-10-12-24-13-11-15)27-28-23(29)32-14-20-25-19-5-3-2-4-18(19)22(30)26-20/h2-13H,14H2,1H3,(H,25,26,30). The van der Waals surface area contributed by atoms with Crippen molar-refractivity contribution in [1.29, 1.82) is 0 Å². The largest absolute Gasteiger partial charge is 0.497 e. The number of H-pyrrole nitrogens is 1. The molecule has 3 aromatic heterocycles. The van der Waals surface area contributed by atoms with Gasteiger partial charge in [0.25, 0.3) is 5.56 Å². The minimum atomic E-state index is -0.153. The summed E-state index contributed by atoms with van der Waals surface area (Å²) in [6, 6.07) is 18.8. The Kier molecular flexibility index (Phi) is 5.39. The maximum Gasteiger partial charge on any atom is 0.258 e. The van der Waals surface area contributed by atoms with Crippen LogP contribution in [0.4, 0.5) is 0 Å². The van der Waals surface area contributed by atoms with E-state index in [0.717, 1.165) is 17.0 Å². The molecule has 0 radical (unpaired) electrons. The van der Waals surface area contributed by atoms with Crippen LogP contribution in [-0.2, 0) is 5.75 Å². The number of ether oxygens (including phenoxy) is 1. The maximum atomic E-state index is 12.4.